The summed E-state index contributed by atoms with van der Waals surface area (Å²) in [6.07, 6.45) is 1.66. The Balaban J connectivity index is 1.44. The van der Waals surface area contributed by atoms with Crippen LogP contribution in [-0.2, 0) is 4.79 Å². The maximum absolute atomic E-state index is 12.0. The molecule has 0 fully saturated rings. The number of hydrogen-bond acceptors (Lipinski definition) is 5. The third-order valence-electron chi connectivity index (χ3n) is 3.73. The summed E-state index contributed by atoms with van der Waals surface area (Å²) in [5.41, 5.74) is 2.12. The van der Waals surface area contributed by atoms with Gasteiger partial charge in [0.25, 0.3) is 0 Å². The van der Waals surface area contributed by atoms with Crippen LogP contribution in [0.25, 0.3) is 5.69 Å². The molecule has 1 aromatic heterocycles. The van der Waals surface area contributed by atoms with Crippen molar-refractivity contribution in [3.8, 4) is 11.4 Å². The van der Waals surface area contributed by atoms with Gasteiger partial charge in [0.05, 0.1) is 18.0 Å². The van der Waals surface area contributed by atoms with Gasteiger partial charge < -0.3 is 10.1 Å². The Hall–Kier alpha value is -2.51. The SMILES string of the molecule is Cc1ccccc1-n1cnnc1SCC(=O)NCCOc1ccc(Cl)cc1. The maximum Gasteiger partial charge on any atom is 0.230 e. The monoisotopic (exact) mass is 402 g/mol. The van der Waals surface area contributed by atoms with Crippen LogP contribution in [0.4, 0.5) is 0 Å². The fourth-order valence-corrected chi connectivity index (χ4v) is 3.27. The van der Waals surface area contributed by atoms with Crippen LogP contribution in [0, 0.1) is 6.92 Å². The number of hydrogen-bond donors (Lipinski definition) is 1. The van der Waals surface area contributed by atoms with Gasteiger partial charge in [0, 0.05) is 5.02 Å². The van der Waals surface area contributed by atoms with Gasteiger partial charge in [0.2, 0.25) is 5.91 Å². The van der Waals surface area contributed by atoms with Crippen molar-refractivity contribution in [1.82, 2.24) is 20.1 Å². The molecule has 1 N–H and O–H groups in total. The number of halogens is 1. The molecule has 0 bridgehead atoms. The highest BCUT2D eigenvalue weighted by Crippen LogP contribution is 2.21. The van der Waals surface area contributed by atoms with E-state index in [4.69, 9.17) is 16.3 Å². The number of thioether (sulfide) groups is 1. The Kier molecular flexibility index (Phi) is 6.73. The van der Waals surface area contributed by atoms with Gasteiger partial charge in [0.15, 0.2) is 5.16 Å². The van der Waals surface area contributed by atoms with Gasteiger partial charge in [-0.05, 0) is 42.8 Å². The van der Waals surface area contributed by atoms with Crippen molar-refractivity contribution < 1.29 is 9.53 Å². The number of aromatic nitrogens is 3. The van der Waals surface area contributed by atoms with Crippen molar-refractivity contribution >= 4 is 29.3 Å². The van der Waals surface area contributed by atoms with Crippen LogP contribution < -0.4 is 10.1 Å². The number of amides is 1. The number of ether oxygens (including phenoxy) is 1. The molecule has 0 saturated heterocycles. The molecule has 0 atom stereocenters. The highest BCUT2D eigenvalue weighted by Gasteiger charge is 2.11. The molecular weight excluding hydrogens is 384 g/mol. The summed E-state index contributed by atoms with van der Waals surface area (Å²) in [6, 6.07) is 15.1. The summed E-state index contributed by atoms with van der Waals surface area (Å²) in [5.74, 6) is 0.888. The Morgan fingerprint density at radius 2 is 2.00 bits per heavy atom. The van der Waals surface area contributed by atoms with E-state index >= 15 is 0 Å². The van der Waals surface area contributed by atoms with Gasteiger partial charge in [-0.2, -0.15) is 0 Å². The first kappa shape index (κ1) is 19.3. The van der Waals surface area contributed by atoms with E-state index in [1.807, 2.05) is 35.8 Å². The molecule has 0 aliphatic carbocycles. The highest BCUT2D eigenvalue weighted by atomic mass is 35.5. The third-order valence-corrected chi connectivity index (χ3v) is 4.93. The largest absolute Gasteiger partial charge is 0.492 e. The minimum atomic E-state index is -0.0842. The zero-order valence-electron chi connectivity index (χ0n) is 14.8. The lowest BCUT2D eigenvalue weighted by molar-refractivity contribution is -0.118. The Morgan fingerprint density at radius 3 is 2.78 bits per heavy atom. The number of benzene rings is 2. The molecule has 1 amide bonds. The van der Waals surface area contributed by atoms with Gasteiger partial charge in [0.1, 0.15) is 18.7 Å². The van der Waals surface area contributed by atoms with Crippen molar-refractivity contribution in [2.75, 3.05) is 18.9 Å². The van der Waals surface area contributed by atoms with Crippen LogP contribution in [0.2, 0.25) is 5.02 Å². The average molecular weight is 403 g/mol. The quantitative estimate of drug-likeness (QED) is 0.461. The minimum absolute atomic E-state index is 0.0842. The van der Waals surface area contributed by atoms with Crippen LogP contribution in [0.1, 0.15) is 5.56 Å². The number of aryl methyl sites for hydroxylation is 1. The lowest BCUT2D eigenvalue weighted by Crippen LogP contribution is -2.29. The number of para-hydroxylation sites is 1. The molecule has 3 rings (SSSR count). The second kappa shape index (κ2) is 9.43. The number of rotatable bonds is 8. The summed E-state index contributed by atoms with van der Waals surface area (Å²) in [4.78, 5) is 12.0. The number of carbonyl (C=O) groups excluding carboxylic acids is 1. The topological polar surface area (TPSA) is 69.0 Å². The Morgan fingerprint density at radius 1 is 1.22 bits per heavy atom. The van der Waals surface area contributed by atoms with E-state index in [1.165, 1.54) is 11.8 Å². The first-order valence-corrected chi connectivity index (χ1v) is 9.74. The van der Waals surface area contributed by atoms with E-state index in [0.717, 1.165) is 11.3 Å². The van der Waals surface area contributed by atoms with E-state index in [2.05, 4.69) is 15.5 Å². The Labute approximate surface area is 166 Å². The fourth-order valence-electron chi connectivity index (χ4n) is 2.39. The zero-order valence-corrected chi connectivity index (χ0v) is 16.3. The molecular formula is C19H19ClN4O2S. The van der Waals surface area contributed by atoms with Crippen LogP contribution in [0.15, 0.2) is 60.0 Å². The van der Waals surface area contributed by atoms with Gasteiger partial charge in [-0.1, -0.05) is 41.6 Å². The molecule has 0 saturated carbocycles. The first-order valence-electron chi connectivity index (χ1n) is 8.37. The molecule has 27 heavy (non-hydrogen) atoms. The number of nitrogens with one attached hydrogen (secondary N) is 1. The van der Waals surface area contributed by atoms with E-state index in [0.29, 0.717) is 29.1 Å². The average Bonchev–Trinajstić information content (AvgIpc) is 3.14. The normalized spacial score (nSPS) is 10.6. The van der Waals surface area contributed by atoms with Gasteiger partial charge in [-0.15, -0.1) is 10.2 Å². The van der Waals surface area contributed by atoms with Crippen molar-refractivity contribution in [2.45, 2.75) is 12.1 Å². The van der Waals surface area contributed by atoms with Crippen LogP contribution in [-0.4, -0.2) is 39.6 Å². The minimum Gasteiger partial charge on any atom is -0.492 e. The summed E-state index contributed by atoms with van der Waals surface area (Å²) < 4.78 is 7.43. The summed E-state index contributed by atoms with van der Waals surface area (Å²) in [6.45, 7) is 2.83. The maximum atomic E-state index is 12.0. The van der Waals surface area contributed by atoms with E-state index < -0.39 is 0 Å². The Bertz CT molecular complexity index is 899. The summed E-state index contributed by atoms with van der Waals surface area (Å²) in [5, 5.41) is 12.2. The van der Waals surface area contributed by atoms with Gasteiger partial charge >= 0.3 is 0 Å². The number of carbonyl (C=O) groups is 1. The fraction of sp³-hybridized carbons (Fsp3) is 0.211. The third kappa shape index (κ3) is 5.48. The predicted molar refractivity (Wildman–Crippen MR) is 107 cm³/mol. The van der Waals surface area contributed by atoms with Crippen LogP contribution in [0.3, 0.4) is 0 Å². The molecule has 0 spiro atoms. The standard InChI is InChI=1S/C19H19ClN4O2S/c1-14-4-2-3-5-17(14)24-13-22-23-19(24)27-12-18(25)21-10-11-26-16-8-6-15(20)7-9-16/h2-9,13H,10-12H2,1H3,(H,21,25). The van der Waals surface area contributed by atoms with Crippen molar-refractivity contribution in [3.05, 3.63) is 65.4 Å². The number of nitrogens with zero attached hydrogens (tertiary/aromatic N) is 3. The van der Waals surface area contributed by atoms with E-state index in [-0.39, 0.29) is 11.7 Å². The lowest BCUT2D eigenvalue weighted by atomic mass is 10.2. The molecule has 0 aliphatic heterocycles. The molecule has 6 nitrogen and oxygen atoms in total. The molecule has 1 heterocycles. The lowest BCUT2D eigenvalue weighted by Gasteiger charge is -2.09. The molecule has 2 aromatic carbocycles. The van der Waals surface area contributed by atoms with Crippen molar-refractivity contribution in [3.63, 3.8) is 0 Å². The second-order valence-electron chi connectivity index (χ2n) is 5.71. The summed E-state index contributed by atoms with van der Waals surface area (Å²) in [7, 11) is 0. The smallest absolute Gasteiger partial charge is 0.230 e. The predicted octanol–water partition coefficient (Wildman–Crippen LogP) is 3.52. The van der Waals surface area contributed by atoms with Crippen LogP contribution in [0.5, 0.6) is 5.75 Å². The zero-order chi connectivity index (χ0) is 19.1. The second-order valence-corrected chi connectivity index (χ2v) is 7.09. The molecule has 0 radical (unpaired) electrons. The van der Waals surface area contributed by atoms with Gasteiger partial charge in [-0.3, -0.25) is 9.36 Å². The molecule has 8 heteroatoms. The van der Waals surface area contributed by atoms with Crippen molar-refractivity contribution in [2.24, 2.45) is 0 Å². The van der Waals surface area contributed by atoms with E-state index in [9.17, 15) is 4.79 Å². The van der Waals surface area contributed by atoms with Gasteiger partial charge in [-0.25, -0.2) is 0 Å². The molecule has 0 aliphatic rings. The van der Waals surface area contributed by atoms with Crippen LogP contribution >= 0.6 is 23.4 Å². The first-order chi connectivity index (χ1) is 13.1. The molecule has 0 unspecified atom stereocenters. The molecule has 3 aromatic rings. The highest BCUT2D eigenvalue weighted by molar-refractivity contribution is 7.99. The summed E-state index contributed by atoms with van der Waals surface area (Å²) >= 11 is 7.17. The molecule has 140 valence electrons. The van der Waals surface area contributed by atoms with Crippen molar-refractivity contribution in [1.29, 1.82) is 0 Å². The van der Waals surface area contributed by atoms with E-state index in [1.54, 1.807) is 30.6 Å².